The molecule has 0 saturated carbocycles. The molecule has 4 heterocycles. The maximum absolute atomic E-state index is 14.1. The molecular weight excluding hydrogens is 458 g/mol. The number of nitrogen functional groups attached to an aromatic ring is 1. The topological polar surface area (TPSA) is 106 Å². The molecule has 2 aliphatic heterocycles. The lowest BCUT2D eigenvalue weighted by Crippen LogP contribution is -2.49. The smallest absolute Gasteiger partial charge is 0.296 e. The fourth-order valence-corrected chi connectivity index (χ4v) is 4.53. The van der Waals surface area contributed by atoms with Crippen molar-refractivity contribution < 1.29 is 18.3 Å². The molecule has 5 rings (SSSR count). The van der Waals surface area contributed by atoms with Crippen LogP contribution in [0.25, 0.3) is 17.0 Å². The van der Waals surface area contributed by atoms with Crippen LogP contribution in [0.5, 0.6) is 0 Å². The second kappa shape index (κ2) is 9.61. The molecule has 2 N–H and O–H groups in total. The Morgan fingerprint density at radius 3 is 2.31 bits per heavy atom. The van der Waals surface area contributed by atoms with Gasteiger partial charge in [0.15, 0.2) is 5.82 Å². The van der Waals surface area contributed by atoms with Gasteiger partial charge in [-0.1, -0.05) is 13.0 Å². The molecule has 0 unspecified atom stereocenters. The van der Waals surface area contributed by atoms with Crippen molar-refractivity contribution in [1.29, 1.82) is 0 Å². The average Bonchev–Trinajstić information content (AvgIpc) is 3.30. The van der Waals surface area contributed by atoms with Gasteiger partial charge in [-0.15, -0.1) is 0 Å². The first-order valence-corrected chi connectivity index (χ1v) is 11.8. The number of imidazole rings is 1. The summed E-state index contributed by atoms with van der Waals surface area (Å²) in [5.74, 6) is 1.02. The van der Waals surface area contributed by atoms with Crippen LogP contribution in [-0.4, -0.2) is 82.8 Å². The van der Waals surface area contributed by atoms with Crippen molar-refractivity contribution in [1.82, 2.24) is 24.4 Å². The Morgan fingerprint density at radius 2 is 1.69 bits per heavy atom. The second-order valence-electron chi connectivity index (χ2n) is 8.53. The minimum atomic E-state index is -2.84. The fraction of sp³-hybridized carbons (Fsp3) is 0.478. The number of para-hydroxylation sites is 1. The molecule has 2 fully saturated rings. The highest BCUT2D eigenvalue weighted by Crippen LogP contribution is 2.31. The molecular formula is C23H28F2N8O2. The highest BCUT2D eigenvalue weighted by Gasteiger charge is 2.27. The van der Waals surface area contributed by atoms with Crippen LogP contribution >= 0.6 is 0 Å². The summed E-state index contributed by atoms with van der Waals surface area (Å²) in [4.78, 5) is 31.6. The zero-order valence-corrected chi connectivity index (χ0v) is 19.5. The molecule has 0 bridgehead atoms. The lowest BCUT2D eigenvalue weighted by molar-refractivity contribution is -0.131. The summed E-state index contributed by atoms with van der Waals surface area (Å²) in [5.41, 5.74) is 7.05. The summed E-state index contributed by atoms with van der Waals surface area (Å²) in [5, 5.41) is 0. The largest absolute Gasteiger partial charge is 0.397 e. The highest BCUT2D eigenvalue weighted by molar-refractivity contribution is 5.88. The van der Waals surface area contributed by atoms with Crippen LogP contribution in [0.4, 0.5) is 26.1 Å². The Kier molecular flexibility index (Phi) is 6.37. The number of benzene rings is 1. The van der Waals surface area contributed by atoms with Gasteiger partial charge in [0.1, 0.15) is 17.2 Å². The number of anilines is 3. The average molecular weight is 487 g/mol. The lowest BCUT2D eigenvalue weighted by atomic mass is 10.2. The molecule has 12 heteroatoms. The third kappa shape index (κ3) is 4.45. The maximum Gasteiger partial charge on any atom is 0.296 e. The fourth-order valence-electron chi connectivity index (χ4n) is 4.53. The van der Waals surface area contributed by atoms with E-state index in [1.165, 1.54) is 4.57 Å². The van der Waals surface area contributed by atoms with E-state index in [4.69, 9.17) is 20.4 Å². The van der Waals surface area contributed by atoms with Crippen LogP contribution in [-0.2, 0) is 9.53 Å². The van der Waals surface area contributed by atoms with Crippen LogP contribution in [0.1, 0.15) is 25.6 Å². The molecule has 0 radical (unpaired) electrons. The van der Waals surface area contributed by atoms with Gasteiger partial charge in [-0.05, 0) is 12.1 Å². The van der Waals surface area contributed by atoms with E-state index in [1.54, 1.807) is 18.2 Å². The molecule has 2 aliphatic rings. The van der Waals surface area contributed by atoms with Crippen LogP contribution < -0.4 is 15.5 Å². The number of halogens is 2. The number of carbonyl (C=O) groups excluding carboxylic acids is 1. The van der Waals surface area contributed by atoms with Crippen molar-refractivity contribution in [2.45, 2.75) is 19.8 Å². The summed E-state index contributed by atoms with van der Waals surface area (Å²) in [7, 11) is 0. The van der Waals surface area contributed by atoms with Crippen LogP contribution in [0.15, 0.2) is 24.3 Å². The predicted octanol–water partition coefficient (Wildman–Crippen LogP) is 2.23. The first-order valence-electron chi connectivity index (χ1n) is 11.8. The van der Waals surface area contributed by atoms with Gasteiger partial charge in [-0.25, -0.2) is 13.8 Å². The maximum atomic E-state index is 14.1. The van der Waals surface area contributed by atoms with Gasteiger partial charge in [-0.2, -0.15) is 9.97 Å². The molecule has 3 aromatic rings. The minimum Gasteiger partial charge on any atom is -0.397 e. The van der Waals surface area contributed by atoms with E-state index in [9.17, 15) is 13.6 Å². The summed E-state index contributed by atoms with van der Waals surface area (Å²) in [6.07, 6.45) is -2.38. The standard InChI is InChI=1S/C23H28F2N8O2/c1-2-19(34)32-8-6-30(7-9-32)17-14-18(31-10-12-35-13-11-31)28-23(27-17)33-16-5-3-4-15(26)20(16)29-22(33)21(24)25/h3-5,14,21H,2,6-13,26H2,1H3. The Morgan fingerprint density at radius 1 is 1.03 bits per heavy atom. The number of alkyl halides is 2. The van der Waals surface area contributed by atoms with Gasteiger partial charge in [-0.3, -0.25) is 9.36 Å². The van der Waals surface area contributed by atoms with Crippen molar-refractivity contribution in [2.24, 2.45) is 0 Å². The molecule has 35 heavy (non-hydrogen) atoms. The number of ether oxygens (including phenoxy) is 1. The normalized spacial score (nSPS) is 17.0. The number of fused-ring (bicyclic) bond motifs is 1. The zero-order chi connectivity index (χ0) is 24.5. The van der Waals surface area contributed by atoms with Gasteiger partial charge in [0.05, 0.1) is 24.4 Å². The monoisotopic (exact) mass is 486 g/mol. The van der Waals surface area contributed by atoms with E-state index in [2.05, 4.69) is 14.8 Å². The highest BCUT2D eigenvalue weighted by atomic mass is 19.3. The van der Waals surface area contributed by atoms with E-state index in [1.807, 2.05) is 17.9 Å². The number of rotatable bonds is 5. The molecule has 2 aromatic heterocycles. The zero-order valence-electron chi connectivity index (χ0n) is 19.5. The van der Waals surface area contributed by atoms with Gasteiger partial charge in [0.25, 0.3) is 6.43 Å². The summed E-state index contributed by atoms with van der Waals surface area (Å²) in [6.45, 7) is 6.55. The first-order chi connectivity index (χ1) is 17.0. The van der Waals surface area contributed by atoms with Gasteiger partial charge < -0.3 is 25.2 Å². The molecule has 2 saturated heterocycles. The predicted molar refractivity (Wildman–Crippen MR) is 128 cm³/mol. The second-order valence-corrected chi connectivity index (χ2v) is 8.53. The molecule has 0 atom stereocenters. The number of hydrogen-bond donors (Lipinski definition) is 1. The van der Waals surface area contributed by atoms with Crippen LogP contribution in [0.2, 0.25) is 0 Å². The molecule has 0 aliphatic carbocycles. The van der Waals surface area contributed by atoms with Crippen molar-refractivity contribution in [3.8, 4) is 5.95 Å². The Labute approximate surface area is 201 Å². The molecule has 186 valence electrons. The lowest BCUT2D eigenvalue weighted by Gasteiger charge is -2.36. The third-order valence-electron chi connectivity index (χ3n) is 6.42. The van der Waals surface area contributed by atoms with Crippen molar-refractivity contribution in [3.05, 3.63) is 30.1 Å². The Hall–Kier alpha value is -3.54. The Bertz CT molecular complexity index is 1220. The van der Waals surface area contributed by atoms with Gasteiger partial charge in [0.2, 0.25) is 11.9 Å². The van der Waals surface area contributed by atoms with Crippen molar-refractivity contribution in [3.63, 3.8) is 0 Å². The van der Waals surface area contributed by atoms with E-state index >= 15 is 0 Å². The van der Waals surface area contributed by atoms with Crippen LogP contribution in [0, 0.1) is 0 Å². The van der Waals surface area contributed by atoms with Crippen LogP contribution in [0.3, 0.4) is 0 Å². The van der Waals surface area contributed by atoms with Crippen molar-refractivity contribution in [2.75, 3.05) is 68.0 Å². The number of hydrogen-bond acceptors (Lipinski definition) is 8. The molecule has 10 nitrogen and oxygen atoms in total. The summed E-state index contributed by atoms with van der Waals surface area (Å²) >= 11 is 0. The Balaban J connectivity index is 1.60. The van der Waals surface area contributed by atoms with E-state index in [0.29, 0.717) is 81.7 Å². The first kappa shape index (κ1) is 23.2. The summed E-state index contributed by atoms with van der Waals surface area (Å²) in [6, 6.07) is 6.88. The molecule has 0 spiro atoms. The minimum absolute atomic E-state index is 0.111. The van der Waals surface area contributed by atoms with E-state index in [-0.39, 0.29) is 17.4 Å². The quantitative estimate of drug-likeness (QED) is 0.548. The number of nitrogens with zero attached hydrogens (tertiary/aromatic N) is 7. The van der Waals surface area contributed by atoms with Crippen molar-refractivity contribution >= 4 is 34.3 Å². The van der Waals surface area contributed by atoms with E-state index < -0.39 is 12.2 Å². The van der Waals surface area contributed by atoms with E-state index in [0.717, 1.165) is 0 Å². The summed E-state index contributed by atoms with van der Waals surface area (Å²) < 4.78 is 35.0. The number of aromatic nitrogens is 4. The number of morpholine rings is 1. The molecule has 1 aromatic carbocycles. The third-order valence-corrected chi connectivity index (χ3v) is 6.42. The SMILES string of the molecule is CCC(=O)N1CCN(c2cc(N3CCOCC3)nc(-n3c(C(F)F)nc4c(N)cccc43)n2)CC1. The number of amides is 1. The number of nitrogens with two attached hydrogens (primary N) is 1. The number of carbonyl (C=O) groups is 1. The molecule has 1 amide bonds. The van der Waals surface area contributed by atoms with Gasteiger partial charge in [0, 0.05) is 51.8 Å². The number of piperazine rings is 1. The van der Waals surface area contributed by atoms with Gasteiger partial charge >= 0.3 is 0 Å².